The molecule has 0 atom stereocenters. The maximum absolute atomic E-state index is 13.2. The number of amides is 1. The predicted molar refractivity (Wildman–Crippen MR) is 105 cm³/mol. The van der Waals surface area contributed by atoms with Crippen molar-refractivity contribution in [3.05, 3.63) is 53.6 Å². The normalized spacial score (nSPS) is 14.2. The minimum atomic E-state index is -3.93. The van der Waals surface area contributed by atoms with E-state index in [0.717, 1.165) is 17.1 Å². The van der Waals surface area contributed by atoms with Crippen molar-refractivity contribution in [3.63, 3.8) is 0 Å². The van der Waals surface area contributed by atoms with Gasteiger partial charge in [0.25, 0.3) is 10.0 Å². The molecular weight excluding hydrogens is 388 g/mol. The van der Waals surface area contributed by atoms with Gasteiger partial charge >= 0.3 is 0 Å². The molecule has 2 aromatic rings. The highest BCUT2D eigenvalue weighted by molar-refractivity contribution is 7.92. The lowest BCUT2D eigenvalue weighted by Crippen LogP contribution is -2.42. The Labute approximate surface area is 164 Å². The number of carbonyl (C=O) groups is 1. The van der Waals surface area contributed by atoms with Crippen molar-refractivity contribution in [2.45, 2.75) is 17.7 Å². The summed E-state index contributed by atoms with van der Waals surface area (Å²) >= 11 is 6.19. The first-order valence-corrected chi connectivity index (χ1v) is 10.4. The molecule has 0 radical (unpaired) electrons. The summed E-state index contributed by atoms with van der Waals surface area (Å²) in [6, 6.07) is 12.7. The van der Waals surface area contributed by atoms with Gasteiger partial charge in [-0.05, 0) is 43.2 Å². The number of benzene rings is 2. The number of carbonyl (C=O) groups excluding carboxylic acids is 1. The maximum Gasteiger partial charge on any atom is 0.264 e. The molecule has 1 saturated heterocycles. The average molecular weight is 409 g/mol. The second-order valence-corrected chi connectivity index (χ2v) is 8.50. The molecule has 0 unspecified atom stereocenters. The Balaban J connectivity index is 2.00. The summed E-state index contributed by atoms with van der Waals surface area (Å²) in [6.45, 7) is 1.03. The molecule has 0 aromatic heterocycles. The lowest BCUT2D eigenvalue weighted by Gasteiger charge is -2.26. The molecule has 0 spiro atoms. The number of methoxy groups -OCH3 is 1. The fraction of sp³-hybridized carbons (Fsp3) is 0.316. The van der Waals surface area contributed by atoms with Crippen molar-refractivity contribution < 1.29 is 17.9 Å². The van der Waals surface area contributed by atoms with Crippen LogP contribution in [0.3, 0.4) is 0 Å². The number of nitrogens with zero attached hydrogens (tertiary/aromatic N) is 2. The van der Waals surface area contributed by atoms with E-state index in [0.29, 0.717) is 24.5 Å². The monoisotopic (exact) mass is 408 g/mol. The SMILES string of the molecule is COc1ccc(N(CC(=O)N2CCCC2)S(=O)(=O)c2ccccc2)cc1Cl. The molecule has 1 heterocycles. The smallest absolute Gasteiger partial charge is 0.264 e. The van der Waals surface area contributed by atoms with Gasteiger partial charge in [0.2, 0.25) is 5.91 Å². The average Bonchev–Trinajstić information content (AvgIpc) is 3.21. The number of sulfonamides is 1. The van der Waals surface area contributed by atoms with E-state index >= 15 is 0 Å². The zero-order valence-electron chi connectivity index (χ0n) is 15.0. The van der Waals surface area contributed by atoms with E-state index in [1.54, 1.807) is 35.2 Å². The van der Waals surface area contributed by atoms with E-state index in [4.69, 9.17) is 16.3 Å². The Bertz CT molecular complexity index is 913. The molecule has 27 heavy (non-hydrogen) atoms. The van der Waals surface area contributed by atoms with Crippen LogP contribution in [0, 0.1) is 0 Å². The number of rotatable bonds is 6. The molecule has 0 N–H and O–H groups in total. The standard InChI is InChI=1S/C19H21ClN2O4S/c1-26-18-10-9-15(13-17(18)20)22(14-19(23)21-11-5-6-12-21)27(24,25)16-7-3-2-4-8-16/h2-4,7-10,13H,5-6,11-12,14H2,1H3. The Morgan fingerprint density at radius 2 is 1.81 bits per heavy atom. The van der Waals surface area contributed by atoms with Crippen LogP contribution >= 0.6 is 11.6 Å². The lowest BCUT2D eigenvalue weighted by atomic mass is 10.3. The van der Waals surface area contributed by atoms with Gasteiger partial charge < -0.3 is 9.64 Å². The molecule has 1 fully saturated rings. The number of hydrogen-bond donors (Lipinski definition) is 0. The van der Waals surface area contributed by atoms with Gasteiger partial charge in [-0.25, -0.2) is 8.42 Å². The number of likely N-dealkylation sites (tertiary alicyclic amines) is 1. The van der Waals surface area contributed by atoms with Crippen molar-refractivity contribution in [3.8, 4) is 5.75 Å². The molecule has 6 nitrogen and oxygen atoms in total. The largest absolute Gasteiger partial charge is 0.495 e. The Morgan fingerprint density at radius 1 is 1.15 bits per heavy atom. The van der Waals surface area contributed by atoms with Crippen LogP contribution in [0.5, 0.6) is 5.75 Å². The van der Waals surface area contributed by atoms with Gasteiger partial charge in [0, 0.05) is 13.1 Å². The van der Waals surface area contributed by atoms with E-state index < -0.39 is 10.0 Å². The highest BCUT2D eigenvalue weighted by Crippen LogP contribution is 2.32. The third-order valence-electron chi connectivity index (χ3n) is 4.49. The molecule has 3 rings (SSSR count). The summed E-state index contributed by atoms with van der Waals surface area (Å²) in [7, 11) is -2.45. The topological polar surface area (TPSA) is 66.9 Å². The van der Waals surface area contributed by atoms with Crippen LogP contribution in [0.2, 0.25) is 5.02 Å². The summed E-state index contributed by atoms with van der Waals surface area (Å²) in [5.74, 6) is 0.210. The third kappa shape index (κ3) is 4.20. The van der Waals surface area contributed by atoms with E-state index in [9.17, 15) is 13.2 Å². The van der Waals surface area contributed by atoms with Gasteiger partial charge in [0.15, 0.2) is 0 Å². The van der Waals surface area contributed by atoms with Crippen molar-refractivity contribution in [1.29, 1.82) is 0 Å². The fourth-order valence-corrected chi connectivity index (χ4v) is 4.71. The molecular formula is C19H21ClN2O4S. The Morgan fingerprint density at radius 3 is 2.41 bits per heavy atom. The second-order valence-electron chi connectivity index (χ2n) is 6.23. The van der Waals surface area contributed by atoms with E-state index in [2.05, 4.69) is 0 Å². The van der Waals surface area contributed by atoms with Crippen LogP contribution in [0.4, 0.5) is 5.69 Å². The quantitative estimate of drug-likeness (QED) is 0.736. The van der Waals surface area contributed by atoms with Crippen molar-refractivity contribution in [2.75, 3.05) is 31.0 Å². The molecule has 0 saturated carbocycles. The number of halogens is 1. The first-order valence-electron chi connectivity index (χ1n) is 8.62. The second kappa shape index (κ2) is 8.19. The molecule has 2 aromatic carbocycles. The summed E-state index contributed by atoms with van der Waals surface area (Å²) in [5, 5.41) is 0.275. The highest BCUT2D eigenvalue weighted by atomic mass is 35.5. The third-order valence-corrected chi connectivity index (χ3v) is 6.58. The summed E-state index contributed by atoms with van der Waals surface area (Å²) in [5.41, 5.74) is 0.317. The molecule has 0 aliphatic carbocycles. The number of anilines is 1. The van der Waals surface area contributed by atoms with Crippen molar-refractivity contribution in [2.24, 2.45) is 0 Å². The maximum atomic E-state index is 13.2. The van der Waals surface area contributed by atoms with Crippen LogP contribution in [-0.4, -0.2) is 46.0 Å². The van der Waals surface area contributed by atoms with Crippen LogP contribution in [0.15, 0.2) is 53.4 Å². The fourth-order valence-electron chi connectivity index (χ4n) is 3.03. The van der Waals surface area contributed by atoms with Gasteiger partial charge in [0.1, 0.15) is 12.3 Å². The zero-order valence-corrected chi connectivity index (χ0v) is 16.5. The zero-order chi connectivity index (χ0) is 19.4. The van der Waals surface area contributed by atoms with Crippen LogP contribution in [-0.2, 0) is 14.8 Å². The molecule has 1 amide bonds. The summed E-state index contributed by atoms with van der Waals surface area (Å²) < 4.78 is 32.7. The van der Waals surface area contributed by atoms with Crippen LogP contribution < -0.4 is 9.04 Å². The lowest BCUT2D eigenvalue weighted by molar-refractivity contribution is -0.128. The minimum absolute atomic E-state index is 0.117. The molecule has 8 heteroatoms. The van der Waals surface area contributed by atoms with Crippen LogP contribution in [0.1, 0.15) is 12.8 Å². The number of ether oxygens (including phenoxy) is 1. The van der Waals surface area contributed by atoms with Gasteiger partial charge in [-0.15, -0.1) is 0 Å². The first-order chi connectivity index (χ1) is 12.9. The Hall–Kier alpha value is -2.25. The van der Waals surface area contributed by atoms with E-state index in [1.807, 2.05) is 0 Å². The van der Waals surface area contributed by atoms with E-state index in [-0.39, 0.29) is 22.4 Å². The summed E-state index contributed by atoms with van der Waals surface area (Å²) in [6.07, 6.45) is 1.87. The Kier molecular flexibility index (Phi) is 5.92. The predicted octanol–water partition coefficient (Wildman–Crippen LogP) is 3.17. The van der Waals surface area contributed by atoms with E-state index in [1.165, 1.54) is 25.3 Å². The van der Waals surface area contributed by atoms with Crippen molar-refractivity contribution >= 4 is 33.2 Å². The minimum Gasteiger partial charge on any atom is -0.495 e. The molecule has 144 valence electrons. The van der Waals surface area contributed by atoms with Gasteiger partial charge in [-0.3, -0.25) is 9.10 Å². The molecule has 1 aliphatic rings. The molecule has 1 aliphatic heterocycles. The van der Waals surface area contributed by atoms with Crippen molar-refractivity contribution in [1.82, 2.24) is 4.90 Å². The first kappa shape index (κ1) is 19.5. The highest BCUT2D eigenvalue weighted by Gasteiger charge is 2.30. The number of hydrogen-bond acceptors (Lipinski definition) is 4. The van der Waals surface area contributed by atoms with Crippen LogP contribution in [0.25, 0.3) is 0 Å². The molecule has 0 bridgehead atoms. The van der Waals surface area contributed by atoms with Gasteiger partial charge in [-0.2, -0.15) is 0 Å². The summed E-state index contributed by atoms with van der Waals surface area (Å²) in [4.78, 5) is 14.5. The van der Waals surface area contributed by atoms with Gasteiger partial charge in [0.05, 0.1) is 22.7 Å². The van der Waals surface area contributed by atoms with Gasteiger partial charge in [-0.1, -0.05) is 29.8 Å².